The van der Waals surface area contributed by atoms with E-state index < -0.39 is 11.2 Å². The summed E-state index contributed by atoms with van der Waals surface area (Å²) in [6, 6.07) is 1.55. The SMILES string of the molecule is C[C@H]1CCCN(C(=O)c2cnc3c(c2)c(=O)n(C)c(=O)n3C)C1. The van der Waals surface area contributed by atoms with Gasteiger partial charge in [-0.1, -0.05) is 6.92 Å². The van der Waals surface area contributed by atoms with E-state index in [1.807, 2.05) is 4.90 Å². The van der Waals surface area contributed by atoms with Gasteiger partial charge in [0.2, 0.25) is 0 Å². The van der Waals surface area contributed by atoms with Crippen molar-refractivity contribution in [1.29, 1.82) is 0 Å². The van der Waals surface area contributed by atoms with Crippen molar-refractivity contribution in [3.05, 3.63) is 38.7 Å². The van der Waals surface area contributed by atoms with Gasteiger partial charge >= 0.3 is 5.69 Å². The fourth-order valence-electron chi connectivity index (χ4n) is 3.14. The van der Waals surface area contributed by atoms with Gasteiger partial charge in [-0.05, 0) is 24.8 Å². The molecule has 0 radical (unpaired) electrons. The number of amides is 1. The van der Waals surface area contributed by atoms with E-state index in [2.05, 4.69) is 11.9 Å². The summed E-state index contributed by atoms with van der Waals surface area (Å²) in [6.45, 7) is 3.58. The molecule has 2 aromatic heterocycles. The third-order valence-corrected chi connectivity index (χ3v) is 4.48. The smallest absolute Gasteiger partial charge is 0.332 e. The Morgan fingerprint density at radius 2 is 2.00 bits per heavy atom. The van der Waals surface area contributed by atoms with Gasteiger partial charge in [-0.3, -0.25) is 18.7 Å². The number of carbonyl (C=O) groups excluding carboxylic acids is 1. The zero-order valence-corrected chi connectivity index (χ0v) is 13.6. The van der Waals surface area contributed by atoms with E-state index in [1.165, 1.54) is 17.8 Å². The van der Waals surface area contributed by atoms with Gasteiger partial charge in [0.15, 0.2) is 0 Å². The molecule has 0 aromatic carbocycles. The highest BCUT2D eigenvalue weighted by molar-refractivity contribution is 5.96. The normalized spacial score (nSPS) is 18.4. The van der Waals surface area contributed by atoms with Gasteiger partial charge < -0.3 is 4.90 Å². The Kier molecular flexibility index (Phi) is 3.79. The predicted molar refractivity (Wildman–Crippen MR) is 86.5 cm³/mol. The highest BCUT2D eigenvalue weighted by atomic mass is 16.2. The molecule has 0 N–H and O–H groups in total. The van der Waals surface area contributed by atoms with Crippen LogP contribution < -0.4 is 11.2 Å². The first-order valence-electron chi connectivity index (χ1n) is 7.75. The van der Waals surface area contributed by atoms with E-state index in [1.54, 1.807) is 13.1 Å². The third-order valence-electron chi connectivity index (χ3n) is 4.48. The molecular formula is C16H20N4O3. The second kappa shape index (κ2) is 5.64. The Bertz CT molecular complexity index is 897. The Morgan fingerprint density at radius 1 is 1.26 bits per heavy atom. The molecule has 0 spiro atoms. The first kappa shape index (κ1) is 15.5. The summed E-state index contributed by atoms with van der Waals surface area (Å²) in [7, 11) is 2.98. The van der Waals surface area contributed by atoms with E-state index in [0.717, 1.165) is 30.5 Å². The zero-order chi connectivity index (χ0) is 16.7. The Balaban J connectivity index is 2.08. The number of nitrogens with zero attached hydrogens (tertiary/aromatic N) is 4. The lowest BCUT2D eigenvalue weighted by molar-refractivity contribution is 0.0683. The van der Waals surface area contributed by atoms with Gasteiger partial charge in [0, 0.05) is 33.4 Å². The van der Waals surface area contributed by atoms with E-state index in [4.69, 9.17) is 0 Å². The molecule has 1 saturated heterocycles. The van der Waals surface area contributed by atoms with Crippen LogP contribution in [0.25, 0.3) is 11.0 Å². The van der Waals surface area contributed by atoms with Gasteiger partial charge in [-0.25, -0.2) is 9.78 Å². The standard InChI is InChI=1S/C16H20N4O3/c1-10-5-4-6-20(9-10)14(21)11-7-12-13(17-8-11)18(2)16(23)19(3)15(12)22/h7-8,10H,4-6,9H2,1-3H3/t10-/m0/s1. The second-order valence-electron chi connectivity index (χ2n) is 6.30. The molecule has 1 aliphatic heterocycles. The highest BCUT2D eigenvalue weighted by Gasteiger charge is 2.23. The maximum atomic E-state index is 12.6. The number of fused-ring (bicyclic) bond motifs is 1. The number of piperidine rings is 1. The van der Waals surface area contributed by atoms with Crippen LogP contribution in [0.3, 0.4) is 0 Å². The minimum atomic E-state index is -0.433. The summed E-state index contributed by atoms with van der Waals surface area (Å²) in [6.07, 6.45) is 3.56. The molecule has 7 nitrogen and oxygen atoms in total. The molecule has 23 heavy (non-hydrogen) atoms. The second-order valence-corrected chi connectivity index (χ2v) is 6.30. The van der Waals surface area contributed by atoms with Crippen molar-refractivity contribution in [3.8, 4) is 0 Å². The van der Waals surface area contributed by atoms with Crippen LogP contribution in [0.1, 0.15) is 30.1 Å². The largest absolute Gasteiger partial charge is 0.338 e. The molecule has 0 unspecified atom stereocenters. The van der Waals surface area contributed by atoms with Crippen LogP contribution in [0.5, 0.6) is 0 Å². The van der Waals surface area contributed by atoms with Crippen LogP contribution in [-0.4, -0.2) is 38.0 Å². The predicted octanol–water partition coefficient (Wildman–Crippen LogP) is 0.504. The number of carbonyl (C=O) groups is 1. The number of aryl methyl sites for hydroxylation is 1. The monoisotopic (exact) mass is 316 g/mol. The quantitative estimate of drug-likeness (QED) is 0.768. The summed E-state index contributed by atoms with van der Waals surface area (Å²) < 4.78 is 2.34. The molecule has 0 bridgehead atoms. The molecule has 1 aliphatic rings. The first-order valence-corrected chi connectivity index (χ1v) is 7.75. The highest BCUT2D eigenvalue weighted by Crippen LogP contribution is 2.18. The van der Waals surface area contributed by atoms with E-state index in [-0.39, 0.29) is 11.3 Å². The van der Waals surface area contributed by atoms with Crippen LogP contribution >= 0.6 is 0 Å². The van der Waals surface area contributed by atoms with Crippen LogP contribution in [0.4, 0.5) is 0 Å². The topological polar surface area (TPSA) is 77.2 Å². The van der Waals surface area contributed by atoms with Gasteiger partial charge in [0.1, 0.15) is 5.65 Å². The summed E-state index contributed by atoms with van der Waals surface area (Å²) in [5, 5.41) is 0.283. The van der Waals surface area contributed by atoms with Crippen molar-refractivity contribution < 1.29 is 4.79 Å². The fraction of sp³-hybridized carbons (Fsp3) is 0.500. The van der Waals surface area contributed by atoms with Crippen molar-refractivity contribution in [1.82, 2.24) is 19.0 Å². The lowest BCUT2D eigenvalue weighted by Gasteiger charge is -2.30. The molecular weight excluding hydrogens is 296 g/mol. The van der Waals surface area contributed by atoms with Crippen LogP contribution in [-0.2, 0) is 14.1 Å². The van der Waals surface area contributed by atoms with E-state index in [9.17, 15) is 14.4 Å². The Morgan fingerprint density at radius 3 is 2.70 bits per heavy atom. The average molecular weight is 316 g/mol. The molecule has 1 atom stereocenters. The molecule has 0 aliphatic carbocycles. The lowest BCUT2D eigenvalue weighted by Crippen LogP contribution is -2.40. The zero-order valence-electron chi connectivity index (χ0n) is 13.6. The molecule has 3 rings (SSSR count). The molecule has 122 valence electrons. The molecule has 3 heterocycles. The minimum absolute atomic E-state index is 0.109. The number of hydrogen-bond acceptors (Lipinski definition) is 4. The lowest BCUT2D eigenvalue weighted by atomic mass is 9.99. The fourth-order valence-corrected chi connectivity index (χ4v) is 3.14. The van der Waals surface area contributed by atoms with E-state index >= 15 is 0 Å². The third kappa shape index (κ3) is 2.56. The number of aromatic nitrogens is 3. The van der Waals surface area contributed by atoms with Gasteiger partial charge in [0.05, 0.1) is 10.9 Å². The number of rotatable bonds is 1. The summed E-state index contributed by atoms with van der Waals surface area (Å²) in [5.41, 5.74) is -0.180. The molecule has 0 saturated carbocycles. The Labute approximate surface area is 133 Å². The van der Waals surface area contributed by atoms with Gasteiger partial charge in [-0.2, -0.15) is 0 Å². The van der Waals surface area contributed by atoms with Crippen molar-refractivity contribution in [3.63, 3.8) is 0 Å². The number of likely N-dealkylation sites (tertiary alicyclic amines) is 1. The molecule has 7 heteroatoms. The average Bonchev–Trinajstić information content (AvgIpc) is 2.57. The number of pyridine rings is 1. The first-order chi connectivity index (χ1) is 10.9. The van der Waals surface area contributed by atoms with E-state index in [0.29, 0.717) is 17.1 Å². The summed E-state index contributed by atoms with van der Waals surface area (Å²) in [4.78, 5) is 42.8. The maximum Gasteiger partial charge on any atom is 0.332 e. The molecule has 1 amide bonds. The van der Waals surface area contributed by atoms with Crippen molar-refractivity contribution in [2.24, 2.45) is 20.0 Å². The summed E-state index contributed by atoms with van der Waals surface area (Å²) >= 11 is 0. The van der Waals surface area contributed by atoms with Crippen molar-refractivity contribution in [2.75, 3.05) is 13.1 Å². The van der Waals surface area contributed by atoms with Crippen LogP contribution in [0.15, 0.2) is 21.9 Å². The number of hydrogen-bond donors (Lipinski definition) is 0. The van der Waals surface area contributed by atoms with Gasteiger partial charge in [0.25, 0.3) is 11.5 Å². The molecule has 1 fully saturated rings. The summed E-state index contributed by atoms with van der Waals surface area (Å²) in [5.74, 6) is 0.372. The van der Waals surface area contributed by atoms with Crippen molar-refractivity contribution in [2.45, 2.75) is 19.8 Å². The Hall–Kier alpha value is -2.44. The van der Waals surface area contributed by atoms with Crippen LogP contribution in [0, 0.1) is 5.92 Å². The van der Waals surface area contributed by atoms with Crippen molar-refractivity contribution >= 4 is 16.9 Å². The maximum absolute atomic E-state index is 12.6. The molecule has 2 aromatic rings. The minimum Gasteiger partial charge on any atom is -0.338 e. The van der Waals surface area contributed by atoms with Crippen LogP contribution in [0.2, 0.25) is 0 Å². The van der Waals surface area contributed by atoms with Gasteiger partial charge in [-0.15, -0.1) is 0 Å².